The highest BCUT2D eigenvalue weighted by molar-refractivity contribution is 9.11. The Labute approximate surface area is 111 Å². The molecule has 2 rings (SSSR count). The van der Waals surface area contributed by atoms with Crippen LogP contribution in [-0.4, -0.2) is 11.6 Å². The van der Waals surface area contributed by atoms with E-state index in [1.807, 2.05) is 26.0 Å². The molecule has 0 radical (unpaired) electrons. The molecule has 0 spiro atoms. The van der Waals surface area contributed by atoms with Gasteiger partial charge in [0.15, 0.2) is 0 Å². The number of hydrogen-bond acceptors (Lipinski definition) is 2. The number of carbonyl (C=O) groups is 1. The number of benzene rings is 1. The number of anilines is 1. The summed E-state index contributed by atoms with van der Waals surface area (Å²) >= 11 is 6.85. The molecule has 0 bridgehead atoms. The zero-order valence-corrected chi connectivity index (χ0v) is 12.2. The second-order valence-corrected chi connectivity index (χ2v) is 5.84. The number of fused-ring (bicyclic) bond motifs is 1. The Morgan fingerprint density at radius 2 is 2.00 bits per heavy atom. The van der Waals surface area contributed by atoms with Gasteiger partial charge >= 0.3 is 0 Å². The highest BCUT2D eigenvalue weighted by Crippen LogP contribution is 2.35. The Bertz CT molecular complexity index is 462. The van der Waals surface area contributed by atoms with Crippen molar-refractivity contribution >= 4 is 43.5 Å². The van der Waals surface area contributed by atoms with Crippen LogP contribution in [0.1, 0.15) is 30.6 Å². The lowest BCUT2D eigenvalue weighted by Crippen LogP contribution is -2.55. The lowest BCUT2D eigenvalue weighted by atomic mass is 10.0. The van der Waals surface area contributed by atoms with Gasteiger partial charge in [-0.1, -0.05) is 22.9 Å². The van der Waals surface area contributed by atoms with Crippen LogP contribution in [0.25, 0.3) is 0 Å². The van der Waals surface area contributed by atoms with Crippen molar-refractivity contribution in [2.75, 3.05) is 5.32 Å². The molecular formula is C11H12Br2N2O. The van der Waals surface area contributed by atoms with Crippen LogP contribution in [0.4, 0.5) is 5.69 Å². The topological polar surface area (TPSA) is 41.1 Å². The first kappa shape index (κ1) is 11.9. The Hall–Kier alpha value is -0.550. The summed E-state index contributed by atoms with van der Waals surface area (Å²) < 4.78 is 1.78. The van der Waals surface area contributed by atoms with Gasteiger partial charge < -0.3 is 10.6 Å². The Morgan fingerprint density at radius 1 is 1.31 bits per heavy atom. The molecule has 0 saturated heterocycles. The van der Waals surface area contributed by atoms with E-state index in [0.29, 0.717) is 5.56 Å². The van der Waals surface area contributed by atoms with E-state index in [1.165, 1.54) is 0 Å². The molecule has 0 aliphatic carbocycles. The van der Waals surface area contributed by atoms with Gasteiger partial charge in [0, 0.05) is 8.95 Å². The average Bonchev–Trinajstić information content (AvgIpc) is 2.20. The molecule has 16 heavy (non-hydrogen) atoms. The van der Waals surface area contributed by atoms with E-state index in [4.69, 9.17) is 0 Å². The average molecular weight is 348 g/mol. The summed E-state index contributed by atoms with van der Waals surface area (Å²) in [5.74, 6) is -0.0416. The molecule has 1 heterocycles. The molecule has 0 fully saturated rings. The molecule has 86 valence electrons. The normalized spacial score (nSPS) is 23.4. The Kier molecular flexibility index (Phi) is 3.01. The van der Waals surface area contributed by atoms with Crippen LogP contribution >= 0.6 is 31.9 Å². The molecule has 1 aromatic carbocycles. The number of rotatable bonds is 1. The van der Waals surface area contributed by atoms with E-state index in [0.717, 1.165) is 21.1 Å². The van der Waals surface area contributed by atoms with Crippen LogP contribution in [0.2, 0.25) is 0 Å². The lowest BCUT2D eigenvalue weighted by Gasteiger charge is -2.37. The van der Waals surface area contributed by atoms with Crippen molar-refractivity contribution < 1.29 is 4.79 Å². The van der Waals surface area contributed by atoms with Crippen molar-refractivity contribution in [2.24, 2.45) is 0 Å². The first-order valence-electron chi connectivity index (χ1n) is 5.05. The quantitative estimate of drug-likeness (QED) is 0.816. The number of carbonyl (C=O) groups excluding carboxylic acids is 1. The smallest absolute Gasteiger partial charge is 0.255 e. The predicted octanol–water partition coefficient (Wildman–Crippen LogP) is 3.49. The zero-order chi connectivity index (χ0) is 11.9. The van der Waals surface area contributed by atoms with Gasteiger partial charge in [0.1, 0.15) is 5.66 Å². The van der Waals surface area contributed by atoms with Crippen LogP contribution in [-0.2, 0) is 0 Å². The molecule has 1 amide bonds. The van der Waals surface area contributed by atoms with Crippen molar-refractivity contribution in [1.82, 2.24) is 5.32 Å². The van der Waals surface area contributed by atoms with E-state index in [2.05, 4.69) is 42.5 Å². The lowest BCUT2D eigenvalue weighted by molar-refractivity contribution is 0.0905. The maximum absolute atomic E-state index is 12.0. The minimum absolute atomic E-state index is 0.0416. The summed E-state index contributed by atoms with van der Waals surface area (Å²) in [6.07, 6.45) is 0.820. The molecule has 0 saturated carbocycles. The molecule has 1 aromatic rings. The Balaban J connectivity index is 2.55. The number of nitrogens with one attached hydrogen (secondary N) is 2. The summed E-state index contributed by atoms with van der Waals surface area (Å²) in [5, 5.41) is 6.31. The van der Waals surface area contributed by atoms with Crippen LogP contribution in [0.3, 0.4) is 0 Å². The summed E-state index contributed by atoms with van der Waals surface area (Å²) in [5.41, 5.74) is 1.14. The molecule has 1 aliphatic rings. The third-order valence-corrected chi connectivity index (χ3v) is 3.88. The third kappa shape index (κ3) is 1.98. The molecule has 1 unspecified atom stereocenters. The molecule has 1 aliphatic heterocycles. The standard InChI is InChI=1S/C11H12Br2N2O/c1-3-11(2)14-9-7(10(16)15-11)4-6(12)5-8(9)13/h4-5,14H,3H2,1-2H3,(H,15,16). The summed E-state index contributed by atoms with van der Waals surface area (Å²) in [6.45, 7) is 4.01. The summed E-state index contributed by atoms with van der Waals surface area (Å²) in [4.78, 5) is 12.0. The van der Waals surface area contributed by atoms with E-state index < -0.39 is 0 Å². The van der Waals surface area contributed by atoms with Gasteiger partial charge in [-0.05, 0) is 41.4 Å². The van der Waals surface area contributed by atoms with Crippen molar-refractivity contribution in [3.8, 4) is 0 Å². The largest absolute Gasteiger partial charge is 0.361 e. The SMILES string of the molecule is CCC1(C)NC(=O)c2cc(Br)cc(Br)c2N1. The number of halogens is 2. The number of hydrogen-bond donors (Lipinski definition) is 2. The molecule has 3 nitrogen and oxygen atoms in total. The van der Waals surface area contributed by atoms with E-state index in [1.54, 1.807) is 0 Å². The predicted molar refractivity (Wildman–Crippen MR) is 71.6 cm³/mol. The van der Waals surface area contributed by atoms with Crippen molar-refractivity contribution in [2.45, 2.75) is 25.9 Å². The minimum atomic E-state index is -0.375. The van der Waals surface area contributed by atoms with Crippen LogP contribution in [0.5, 0.6) is 0 Å². The van der Waals surface area contributed by atoms with Crippen molar-refractivity contribution in [1.29, 1.82) is 0 Å². The first-order valence-corrected chi connectivity index (χ1v) is 6.63. The van der Waals surface area contributed by atoms with Gasteiger partial charge in [-0.3, -0.25) is 4.79 Å². The summed E-state index contributed by atoms with van der Waals surface area (Å²) in [7, 11) is 0. The molecule has 2 N–H and O–H groups in total. The van der Waals surface area contributed by atoms with Gasteiger partial charge in [-0.2, -0.15) is 0 Å². The maximum Gasteiger partial charge on any atom is 0.255 e. The Morgan fingerprint density at radius 3 is 2.62 bits per heavy atom. The van der Waals surface area contributed by atoms with Crippen molar-refractivity contribution in [3.63, 3.8) is 0 Å². The molecule has 0 aromatic heterocycles. The third-order valence-electron chi connectivity index (χ3n) is 2.80. The molecular weight excluding hydrogens is 336 g/mol. The van der Waals surface area contributed by atoms with E-state index in [-0.39, 0.29) is 11.6 Å². The van der Waals surface area contributed by atoms with E-state index >= 15 is 0 Å². The highest BCUT2D eigenvalue weighted by atomic mass is 79.9. The first-order chi connectivity index (χ1) is 7.45. The maximum atomic E-state index is 12.0. The summed E-state index contributed by atoms with van der Waals surface area (Å²) in [6, 6.07) is 3.75. The highest BCUT2D eigenvalue weighted by Gasteiger charge is 2.32. The number of amides is 1. The van der Waals surface area contributed by atoms with Crippen molar-refractivity contribution in [3.05, 3.63) is 26.6 Å². The van der Waals surface area contributed by atoms with Gasteiger partial charge in [0.05, 0.1) is 11.3 Å². The molecule has 5 heteroatoms. The van der Waals surface area contributed by atoms with Gasteiger partial charge in [0.25, 0.3) is 5.91 Å². The zero-order valence-electron chi connectivity index (χ0n) is 9.03. The fraction of sp³-hybridized carbons (Fsp3) is 0.364. The van der Waals surface area contributed by atoms with Gasteiger partial charge in [-0.25, -0.2) is 0 Å². The fourth-order valence-electron chi connectivity index (χ4n) is 1.68. The van der Waals surface area contributed by atoms with Crippen LogP contribution in [0.15, 0.2) is 21.1 Å². The van der Waals surface area contributed by atoms with E-state index in [9.17, 15) is 4.79 Å². The second-order valence-electron chi connectivity index (χ2n) is 4.07. The van der Waals surface area contributed by atoms with Gasteiger partial charge in [-0.15, -0.1) is 0 Å². The fourth-order valence-corrected chi connectivity index (χ4v) is 3.01. The monoisotopic (exact) mass is 346 g/mol. The van der Waals surface area contributed by atoms with Gasteiger partial charge in [0.2, 0.25) is 0 Å². The minimum Gasteiger partial charge on any atom is -0.361 e. The molecule has 1 atom stereocenters. The second kappa shape index (κ2) is 4.04. The van der Waals surface area contributed by atoms with Crippen LogP contribution in [0, 0.1) is 0 Å². The van der Waals surface area contributed by atoms with Crippen LogP contribution < -0.4 is 10.6 Å².